The van der Waals surface area contributed by atoms with Gasteiger partial charge in [-0.15, -0.1) is 11.3 Å². The van der Waals surface area contributed by atoms with Crippen LogP contribution in [0, 0.1) is 6.92 Å². The van der Waals surface area contributed by atoms with Crippen LogP contribution in [0.2, 0.25) is 0 Å². The van der Waals surface area contributed by atoms with Gasteiger partial charge in [-0.25, -0.2) is 0 Å². The number of rotatable bonds is 2. The number of Topliss-reactive ketones (excluding diaryl/α,β-unsaturated/α-hetero) is 1. The van der Waals surface area contributed by atoms with E-state index in [1.165, 1.54) is 4.88 Å². The maximum Gasteiger partial charge on any atom is 0.196 e. The van der Waals surface area contributed by atoms with Crippen molar-refractivity contribution in [2.75, 3.05) is 13.7 Å². The van der Waals surface area contributed by atoms with Gasteiger partial charge < -0.3 is 9.47 Å². The monoisotopic (exact) mass is 286 g/mol. The van der Waals surface area contributed by atoms with Crippen molar-refractivity contribution in [2.24, 2.45) is 0 Å². The molecule has 3 rings (SSSR count). The first-order valence-corrected chi connectivity index (χ1v) is 7.11. The average Bonchev–Trinajstić information content (AvgIpc) is 2.87. The molecule has 1 aromatic carbocycles. The van der Waals surface area contributed by atoms with Crippen LogP contribution in [-0.2, 0) is 0 Å². The molecule has 0 radical (unpaired) electrons. The molecule has 3 nitrogen and oxygen atoms in total. The van der Waals surface area contributed by atoms with Crippen molar-refractivity contribution in [1.29, 1.82) is 0 Å². The molecule has 0 unspecified atom stereocenters. The van der Waals surface area contributed by atoms with Crippen molar-refractivity contribution in [3.05, 3.63) is 51.2 Å². The minimum atomic E-state index is 0.0104. The average molecular weight is 286 g/mol. The topological polar surface area (TPSA) is 35.5 Å². The second kappa shape index (κ2) is 5.13. The van der Waals surface area contributed by atoms with E-state index >= 15 is 0 Å². The zero-order chi connectivity index (χ0) is 14.1. The lowest BCUT2D eigenvalue weighted by Gasteiger charge is -2.19. The van der Waals surface area contributed by atoms with Crippen LogP contribution in [-0.4, -0.2) is 19.5 Å². The van der Waals surface area contributed by atoms with Gasteiger partial charge in [0, 0.05) is 15.3 Å². The van der Waals surface area contributed by atoms with E-state index in [0.717, 1.165) is 4.88 Å². The van der Waals surface area contributed by atoms with E-state index in [9.17, 15) is 4.79 Å². The number of carbonyl (C=O) groups is 1. The molecular formula is C16H14O3S. The highest BCUT2D eigenvalue weighted by Gasteiger charge is 2.24. The summed E-state index contributed by atoms with van der Waals surface area (Å²) in [6.07, 6.45) is 1.91. The predicted octanol–water partition coefficient (Wildman–Crippen LogP) is 3.72. The van der Waals surface area contributed by atoms with Gasteiger partial charge in [0.25, 0.3) is 0 Å². The van der Waals surface area contributed by atoms with Crippen LogP contribution in [0.5, 0.6) is 11.5 Å². The number of ether oxygens (including phenoxy) is 2. The molecule has 1 aromatic heterocycles. The first-order chi connectivity index (χ1) is 9.67. The van der Waals surface area contributed by atoms with E-state index in [4.69, 9.17) is 9.47 Å². The van der Waals surface area contributed by atoms with E-state index in [-0.39, 0.29) is 5.78 Å². The van der Waals surface area contributed by atoms with Crippen molar-refractivity contribution in [2.45, 2.75) is 6.92 Å². The zero-order valence-corrected chi connectivity index (χ0v) is 12.1. The largest absolute Gasteiger partial charge is 0.497 e. The number of benzene rings is 1. The second-order valence-corrected chi connectivity index (χ2v) is 5.92. The summed E-state index contributed by atoms with van der Waals surface area (Å²) in [4.78, 5) is 14.8. The van der Waals surface area contributed by atoms with E-state index in [0.29, 0.717) is 29.2 Å². The van der Waals surface area contributed by atoms with Gasteiger partial charge in [0.2, 0.25) is 0 Å². The summed E-state index contributed by atoms with van der Waals surface area (Å²) in [7, 11) is 1.58. The first kappa shape index (κ1) is 12.9. The summed E-state index contributed by atoms with van der Waals surface area (Å²) in [6, 6.07) is 9.36. The van der Waals surface area contributed by atoms with Crippen LogP contribution < -0.4 is 9.47 Å². The molecule has 102 valence electrons. The molecular weight excluding hydrogens is 272 g/mol. The number of hydrogen-bond donors (Lipinski definition) is 0. The fourth-order valence-electron chi connectivity index (χ4n) is 2.14. The van der Waals surface area contributed by atoms with Crippen molar-refractivity contribution in [3.63, 3.8) is 0 Å². The van der Waals surface area contributed by atoms with Crippen LogP contribution in [0.25, 0.3) is 6.08 Å². The standard InChI is InChI=1S/C16H14O3S/c1-10-3-5-13(20-10)7-11-9-19-15-6-4-12(18-2)8-14(15)16(11)17/h3-8H,9H2,1-2H3/b11-7-. The lowest BCUT2D eigenvalue weighted by Crippen LogP contribution is -2.18. The number of methoxy groups -OCH3 is 1. The third-order valence-corrected chi connectivity index (χ3v) is 4.13. The summed E-state index contributed by atoms with van der Waals surface area (Å²) in [6.45, 7) is 2.36. The van der Waals surface area contributed by atoms with Gasteiger partial charge in [0.1, 0.15) is 18.1 Å². The van der Waals surface area contributed by atoms with Gasteiger partial charge in [0.15, 0.2) is 5.78 Å². The summed E-state index contributed by atoms with van der Waals surface area (Å²) in [5.74, 6) is 1.29. The molecule has 2 heterocycles. The summed E-state index contributed by atoms with van der Waals surface area (Å²) < 4.78 is 10.8. The Morgan fingerprint density at radius 3 is 2.85 bits per heavy atom. The lowest BCUT2D eigenvalue weighted by molar-refractivity contribution is 0.100. The Hall–Kier alpha value is -2.07. The van der Waals surface area contributed by atoms with Gasteiger partial charge in [-0.3, -0.25) is 4.79 Å². The summed E-state index contributed by atoms with van der Waals surface area (Å²) in [5.41, 5.74) is 1.24. The Bertz CT molecular complexity index is 697. The van der Waals surface area contributed by atoms with Crippen LogP contribution in [0.3, 0.4) is 0 Å². The Morgan fingerprint density at radius 1 is 1.30 bits per heavy atom. The SMILES string of the molecule is COc1ccc2c(c1)C(=O)/C(=C\c1ccc(C)s1)CO2. The van der Waals surface area contributed by atoms with E-state index in [1.807, 2.05) is 25.1 Å². The Labute approximate surface area is 121 Å². The molecule has 20 heavy (non-hydrogen) atoms. The van der Waals surface area contributed by atoms with Crippen LogP contribution in [0.15, 0.2) is 35.9 Å². The van der Waals surface area contributed by atoms with Gasteiger partial charge in [0.05, 0.1) is 12.7 Å². The van der Waals surface area contributed by atoms with E-state index < -0.39 is 0 Å². The second-order valence-electron chi connectivity index (χ2n) is 4.60. The number of aryl methyl sites for hydroxylation is 1. The Kier molecular flexibility index (Phi) is 3.32. The Balaban J connectivity index is 1.97. The highest BCUT2D eigenvalue weighted by molar-refractivity contribution is 7.12. The summed E-state index contributed by atoms with van der Waals surface area (Å²) in [5, 5.41) is 0. The lowest BCUT2D eigenvalue weighted by atomic mass is 9.99. The quantitative estimate of drug-likeness (QED) is 0.789. The molecule has 0 bridgehead atoms. The molecule has 0 spiro atoms. The normalized spacial score (nSPS) is 15.9. The van der Waals surface area contributed by atoms with Gasteiger partial charge in [-0.05, 0) is 43.3 Å². The van der Waals surface area contributed by atoms with Gasteiger partial charge in [-0.1, -0.05) is 0 Å². The number of ketones is 1. The van der Waals surface area contributed by atoms with Crippen LogP contribution in [0.1, 0.15) is 20.1 Å². The third kappa shape index (κ3) is 2.34. The fourth-order valence-corrected chi connectivity index (χ4v) is 2.99. The zero-order valence-electron chi connectivity index (χ0n) is 11.3. The highest BCUT2D eigenvalue weighted by atomic mass is 32.1. The molecule has 0 saturated heterocycles. The smallest absolute Gasteiger partial charge is 0.196 e. The molecule has 0 atom stereocenters. The molecule has 4 heteroatoms. The van der Waals surface area contributed by atoms with Crippen molar-refractivity contribution >= 4 is 23.2 Å². The molecule has 0 N–H and O–H groups in total. The molecule has 0 saturated carbocycles. The maximum absolute atomic E-state index is 12.5. The number of carbonyl (C=O) groups excluding carboxylic acids is 1. The van der Waals surface area contributed by atoms with Crippen molar-refractivity contribution in [3.8, 4) is 11.5 Å². The van der Waals surface area contributed by atoms with Crippen molar-refractivity contribution in [1.82, 2.24) is 0 Å². The predicted molar refractivity (Wildman–Crippen MR) is 79.9 cm³/mol. The summed E-state index contributed by atoms with van der Waals surface area (Å²) >= 11 is 1.66. The molecule has 0 amide bonds. The number of hydrogen-bond acceptors (Lipinski definition) is 4. The minimum Gasteiger partial charge on any atom is -0.497 e. The minimum absolute atomic E-state index is 0.0104. The molecule has 1 aliphatic rings. The molecule has 2 aromatic rings. The van der Waals surface area contributed by atoms with Gasteiger partial charge >= 0.3 is 0 Å². The van der Waals surface area contributed by atoms with E-state index in [2.05, 4.69) is 0 Å². The number of fused-ring (bicyclic) bond motifs is 1. The van der Waals surface area contributed by atoms with Gasteiger partial charge in [-0.2, -0.15) is 0 Å². The molecule has 0 fully saturated rings. The third-order valence-electron chi connectivity index (χ3n) is 3.18. The van der Waals surface area contributed by atoms with E-state index in [1.54, 1.807) is 36.6 Å². The van der Waals surface area contributed by atoms with Crippen molar-refractivity contribution < 1.29 is 14.3 Å². The molecule has 0 aliphatic carbocycles. The van der Waals surface area contributed by atoms with Crippen LogP contribution >= 0.6 is 11.3 Å². The number of thiophene rings is 1. The maximum atomic E-state index is 12.5. The van der Waals surface area contributed by atoms with Crippen LogP contribution in [0.4, 0.5) is 0 Å². The molecule has 1 aliphatic heterocycles. The Morgan fingerprint density at radius 2 is 2.15 bits per heavy atom. The first-order valence-electron chi connectivity index (χ1n) is 6.30. The highest BCUT2D eigenvalue weighted by Crippen LogP contribution is 2.31. The fraction of sp³-hybridized carbons (Fsp3) is 0.188.